The number of aryl methyl sites for hydroxylation is 1. The number of para-hydroxylation sites is 1. The molecule has 1 N–H and O–H groups in total. The van der Waals surface area contributed by atoms with Gasteiger partial charge in [-0.05, 0) is 55.2 Å². The molecule has 1 aliphatic rings. The van der Waals surface area contributed by atoms with Gasteiger partial charge in [0.1, 0.15) is 18.4 Å². The van der Waals surface area contributed by atoms with Crippen molar-refractivity contribution in [3.05, 3.63) is 132 Å². The maximum absolute atomic E-state index is 15.3. The summed E-state index contributed by atoms with van der Waals surface area (Å²) in [6.45, 7) is 1.19. The van der Waals surface area contributed by atoms with E-state index < -0.39 is 34.3 Å². The molecule has 0 radical (unpaired) electrons. The van der Waals surface area contributed by atoms with E-state index in [1.807, 2.05) is 67.6 Å². The topological polar surface area (TPSA) is 86.8 Å². The van der Waals surface area contributed by atoms with Crippen molar-refractivity contribution in [2.45, 2.75) is 69.0 Å². The molecule has 0 bridgehead atoms. The van der Waals surface area contributed by atoms with E-state index in [1.165, 1.54) is 35.2 Å². The van der Waals surface area contributed by atoms with Gasteiger partial charge < -0.3 is 10.2 Å². The molecule has 1 aliphatic carbocycles. The van der Waals surface area contributed by atoms with Crippen LogP contribution in [0, 0.1) is 12.7 Å². The van der Waals surface area contributed by atoms with Gasteiger partial charge in [0.15, 0.2) is 0 Å². The summed E-state index contributed by atoms with van der Waals surface area (Å²) in [6, 6.07) is 29.5. The van der Waals surface area contributed by atoms with Gasteiger partial charge in [0.05, 0.1) is 10.6 Å². The maximum Gasteiger partial charge on any atom is 0.264 e. The first-order valence-corrected chi connectivity index (χ1v) is 17.2. The molecule has 1 saturated carbocycles. The highest BCUT2D eigenvalue weighted by atomic mass is 32.2. The molecule has 0 saturated heterocycles. The van der Waals surface area contributed by atoms with Gasteiger partial charge in [0.2, 0.25) is 11.8 Å². The zero-order valence-electron chi connectivity index (χ0n) is 26.0. The number of halogens is 1. The number of carbonyl (C=O) groups excluding carboxylic acids is 2. The highest BCUT2D eigenvalue weighted by Crippen LogP contribution is 2.28. The van der Waals surface area contributed by atoms with Gasteiger partial charge in [0.25, 0.3) is 10.0 Å². The monoisotopic (exact) mass is 641 g/mol. The first-order chi connectivity index (χ1) is 22.2. The number of benzene rings is 4. The molecule has 1 fully saturated rings. The molecule has 1 unspecified atom stereocenters. The predicted molar refractivity (Wildman–Crippen MR) is 178 cm³/mol. The Morgan fingerprint density at radius 3 is 2.02 bits per heavy atom. The zero-order valence-corrected chi connectivity index (χ0v) is 26.8. The summed E-state index contributed by atoms with van der Waals surface area (Å²) in [5.41, 5.74) is 2.24. The summed E-state index contributed by atoms with van der Waals surface area (Å²) < 4.78 is 44.3. The van der Waals surface area contributed by atoms with Crippen LogP contribution in [0.1, 0.15) is 48.8 Å². The number of anilines is 1. The van der Waals surface area contributed by atoms with Gasteiger partial charge in [-0.3, -0.25) is 13.9 Å². The van der Waals surface area contributed by atoms with Crippen molar-refractivity contribution in [3.8, 4) is 0 Å². The smallest absolute Gasteiger partial charge is 0.264 e. The normalized spacial score (nSPS) is 14.3. The van der Waals surface area contributed by atoms with Crippen LogP contribution >= 0.6 is 0 Å². The molecule has 9 heteroatoms. The van der Waals surface area contributed by atoms with E-state index in [9.17, 15) is 18.0 Å². The second kappa shape index (κ2) is 15.2. The molecule has 0 aliphatic heterocycles. The Bertz CT molecular complexity index is 1710. The van der Waals surface area contributed by atoms with Crippen molar-refractivity contribution in [3.63, 3.8) is 0 Å². The molecule has 1 atom stereocenters. The van der Waals surface area contributed by atoms with Crippen LogP contribution in [0.5, 0.6) is 0 Å². The van der Waals surface area contributed by atoms with Crippen molar-refractivity contribution in [1.82, 2.24) is 10.2 Å². The number of sulfonamides is 1. The molecule has 0 heterocycles. The highest BCUT2D eigenvalue weighted by molar-refractivity contribution is 7.92. The minimum Gasteiger partial charge on any atom is -0.352 e. The van der Waals surface area contributed by atoms with E-state index in [4.69, 9.17) is 0 Å². The van der Waals surface area contributed by atoms with Crippen LogP contribution in [-0.4, -0.2) is 43.8 Å². The van der Waals surface area contributed by atoms with Crippen LogP contribution in [-0.2, 0) is 32.6 Å². The largest absolute Gasteiger partial charge is 0.352 e. The lowest BCUT2D eigenvalue weighted by molar-refractivity contribution is -0.140. The molecule has 5 rings (SSSR count). The van der Waals surface area contributed by atoms with Gasteiger partial charge >= 0.3 is 0 Å². The number of hydrogen-bond acceptors (Lipinski definition) is 4. The summed E-state index contributed by atoms with van der Waals surface area (Å²) in [5, 5.41) is 3.19. The minimum atomic E-state index is -4.38. The Balaban J connectivity index is 1.55. The SMILES string of the molecule is Cc1ccc(S(=O)(=O)N(CC(=O)N(Cc2ccccc2)C(Cc2ccccc2)C(=O)NC2CCCCC2)c2ccccc2F)cc1. The van der Waals surface area contributed by atoms with E-state index in [1.54, 1.807) is 12.1 Å². The number of amides is 2. The zero-order chi connectivity index (χ0) is 32.5. The van der Waals surface area contributed by atoms with Crippen molar-refractivity contribution in [2.24, 2.45) is 0 Å². The standard InChI is InChI=1S/C37H40FN3O4S/c1-28-21-23-32(24-22-28)46(44,45)41(34-20-12-11-19-33(34)38)27-36(42)40(26-30-15-7-3-8-16-30)35(25-29-13-5-2-6-14-29)37(43)39-31-17-9-4-10-18-31/h2-3,5-8,11-16,19-24,31,35H,4,9-10,17-18,25-27H2,1H3,(H,39,43). The van der Waals surface area contributed by atoms with Crippen LogP contribution < -0.4 is 9.62 Å². The molecule has 0 aromatic heterocycles. The molecular weight excluding hydrogens is 601 g/mol. The maximum atomic E-state index is 15.3. The highest BCUT2D eigenvalue weighted by Gasteiger charge is 2.36. The Kier molecular flexibility index (Phi) is 10.9. The van der Waals surface area contributed by atoms with E-state index in [2.05, 4.69) is 5.32 Å². The van der Waals surface area contributed by atoms with Gasteiger partial charge in [0, 0.05) is 19.0 Å². The van der Waals surface area contributed by atoms with Gasteiger partial charge in [-0.1, -0.05) is 110 Å². The Morgan fingerprint density at radius 2 is 1.39 bits per heavy atom. The van der Waals surface area contributed by atoms with Crippen molar-refractivity contribution in [2.75, 3.05) is 10.8 Å². The van der Waals surface area contributed by atoms with Crippen molar-refractivity contribution >= 4 is 27.5 Å². The fraction of sp³-hybridized carbons (Fsp3) is 0.297. The lowest BCUT2D eigenvalue weighted by Gasteiger charge is -2.35. The third-order valence-corrected chi connectivity index (χ3v) is 10.2. The average Bonchev–Trinajstić information content (AvgIpc) is 3.07. The third kappa shape index (κ3) is 8.20. The van der Waals surface area contributed by atoms with Crippen LogP contribution in [0.3, 0.4) is 0 Å². The number of nitrogens with zero attached hydrogens (tertiary/aromatic N) is 2. The summed E-state index contributed by atoms with van der Waals surface area (Å²) in [7, 11) is -4.38. The van der Waals surface area contributed by atoms with E-state index >= 15 is 4.39 Å². The predicted octanol–water partition coefficient (Wildman–Crippen LogP) is 6.42. The lowest BCUT2D eigenvalue weighted by atomic mass is 9.94. The van der Waals surface area contributed by atoms with E-state index in [-0.39, 0.29) is 35.5 Å². The van der Waals surface area contributed by atoms with Crippen LogP contribution in [0.4, 0.5) is 10.1 Å². The Labute approximate surface area is 271 Å². The summed E-state index contributed by atoms with van der Waals surface area (Å²) in [4.78, 5) is 30.0. The van der Waals surface area contributed by atoms with Gasteiger partial charge in [-0.25, -0.2) is 12.8 Å². The molecule has 46 heavy (non-hydrogen) atoms. The fourth-order valence-electron chi connectivity index (χ4n) is 5.88. The quantitative estimate of drug-likeness (QED) is 0.194. The van der Waals surface area contributed by atoms with Crippen LogP contribution in [0.2, 0.25) is 0 Å². The number of hydrogen-bond donors (Lipinski definition) is 1. The van der Waals surface area contributed by atoms with E-state index in [0.717, 1.165) is 59.2 Å². The average molecular weight is 642 g/mol. The second-order valence-electron chi connectivity index (χ2n) is 11.8. The molecule has 2 amide bonds. The number of rotatable bonds is 12. The second-order valence-corrected chi connectivity index (χ2v) is 13.7. The van der Waals surface area contributed by atoms with Crippen molar-refractivity contribution in [1.29, 1.82) is 0 Å². The van der Waals surface area contributed by atoms with E-state index in [0.29, 0.717) is 0 Å². The van der Waals surface area contributed by atoms with Crippen LogP contribution in [0.25, 0.3) is 0 Å². The molecule has 4 aromatic rings. The summed E-state index contributed by atoms with van der Waals surface area (Å²) >= 11 is 0. The number of carbonyl (C=O) groups is 2. The Hall–Kier alpha value is -4.50. The first-order valence-electron chi connectivity index (χ1n) is 15.7. The Morgan fingerprint density at radius 1 is 0.804 bits per heavy atom. The molecule has 7 nitrogen and oxygen atoms in total. The van der Waals surface area contributed by atoms with Crippen LogP contribution in [0.15, 0.2) is 114 Å². The molecule has 240 valence electrons. The van der Waals surface area contributed by atoms with Gasteiger partial charge in [-0.2, -0.15) is 0 Å². The summed E-state index contributed by atoms with van der Waals surface area (Å²) in [6.07, 6.45) is 5.13. The minimum absolute atomic E-state index is 0.00466. The number of nitrogens with one attached hydrogen (secondary N) is 1. The fourth-order valence-corrected chi connectivity index (χ4v) is 7.31. The third-order valence-electron chi connectivity index (χ3n) is 8.43. The molecular formula is C37H40FN3O4S. The van der Waals surface area contributed by atoms with Gasteiger partial charge in [-0.15, -0.1) is 0 Å². The lowest BCUT2D eigenvalue weighted by Crippen LogP contribution is -2.55. The molecule has 4 aromatic carbocycles. The molecule has 0 spiro atoms. The van der Waals surface area contributed by atoms with Crippen molar-refractivity contribution < 1.29 is 22.4 Å². The summed E-state index contributed by atoms with van der Waals surface area (Å²) in [5.74, 6) is -1.70. The first kappa shape index (κ1) is 32.9.